The van der Waals surface area contributed by atoms with Crippen molar-refractivity contribution in [1.82, 2.24) is 4.31 Å². The highest BCUT2D eigenvalue weighted by atomic mass is 32.2. The Morgan fingerprint density at radius 2 is 2.20 bits per heavy atom. The van der Waals surface area contributed by atoms with Crippen molar-refractivity contribution in [1.29, 1.82) is 0 Å². The van der Waals surface area contributed by atoms with Gasteiger partial charge in [-0.2, -0.15) is 4.31 Å². The van der Waals surface area contributed by atoms with Crippen LogP contribution in [0.3, 0.4) is 0 Å². The van der Waals surface area contributed by atoms with Gasteiger partial charge in [0.2, 0.25) is 10.0 Å². The van der Waals surface area contributed by atoms with E-state index >= 15 is 0 Å². The summed E-state index contributed by atoms with van der Waals surface area (Å²) >= 11 is 0. The minimum Gasteiger partial charge on any atom is -0.329 e. The average Bonchev–Trinajstić information content (AvgIpc) is 2.99. The maximum atomic E-state index is 12.0. The van der Waals surface area contributed by atoms with Crippen LogP contribution in [0.4, 0.5) is 0 Å². The molecular formula is C10H18N2O2S. The predicted octanol–water partition coefficient (Wildman–Crippen LogP) is 0.00860. The molecule has 2 N–H and O–H groups in total. The Hall–Kier alpha value is -0.570. The Labute approximate surface area is 91.9 Å². The van der Waals surface area contributed by atoms with Gasteiger partial charge in [-0.3, -0.25) is 0 Å². The van der Waals surface area contributed by atoms with Crippen LogP contribution in [-0.4, -0.2) is 37.6 Å². The highest BCUT2D eigenvalue weighted by molar-refractivity contribution is 7.89. The number of sulfonamides is 1. The first-order valence-corrected chi connectivity index (χ1v) is 6.65. The summed E-state index contributed by atoms with van der Waals surface area (Å²) in [7, 11) is -3.30. The molecule has 1 atom stereocenters. The Morgan fingerprint density at radius 3 is 2.60 bits per heavy atom. The molecule has 0 aliphatic heterocycles. The topological polar surface area (TPSA) is 63.4 Å². The minimum absolute atomic E-state index is 0.133. The summed E-state index contributed by atoms with van der Waals surface area (Å²) in [5, 5.41) is -0.551. The molecule has 0 aromatic carbocycles. The molecule has 0 bridgehead atoms. The van der Waals surface area contributed by atoms with Crippen LogP contribution in [0.1, 0.15) is 19.8 Å². The Morgan fingerprint density at radius 1 is 1.60 bits per heavy atom. The van der Waals surface area contributed by atoms with Crippen LogP contribution in [-0.2, 0) is 10.0 Å². The summed E-state index contributed by atoms with van der Waals surface area (Å²) in [5.74, 6) is 2.89. The van der Waals surface area contributed by atoms with Crippen molar-refractivity contribution in [3.8, 4) is 12.3 Å². The van der Waals surface area contributed by atoms with E-state index in [4.69, 9.17) is 12.2 Å². The third-order valence-corrected chi connectivity index (χ3v) is 4.83. The molecule has 1 fully saturated rings. The first kappa shape index (κ1) is 12.5. The van der Waals surface area contributed by atoms with E-state index in [2.05, 4.69) is 5.92 Å². The monoisotopic (exact) mass is 230 g/mol. The molecule has 1 rings (SSSR count). The maximum absolute atomic E-state index is 12.0. The van der Waals surface area contributed by atoms with Gasteiger partial charge in [-0.05, 0) is 25.7 Å². The van der Waals surface area contributed by atoms with Gasteiger partial charge in [0.05, 0.1) is 11.8 Å². The van der Waals surface area contributed by atoms with Crippen LogP contribution >= 0.6 is 0 Å². The zero-order chi connectivity index (χ0) is 11.5. The van der Waals surface area contributed by atoms with Crippen molar-refractivity contribution < 1.29 is 8.42 Å². The van der Waals surface area contributed by atoms with E-state index in [1.807, 2.05) is 0 Å². The van der Waals surface area contributed by atoms with Crippen LogP contribution < -0.4 is 5.73 Å². The molecular weight excluding hydrogens is 212 g/mol. The summed E-state index contributed by atoms with van der Waals surface area (Å²) in [6, 6.07) is 0. The first-order valence-electron chi connectivity index (χ1n) is 5.14. The zero-order valence-corrected chi connectivity index (χ0v) is 9.83. The number of hydrogen-bond donors (Lipinski definition) is 1. The van der Waals surface area contributed by atoms with Crippen LogP contribution in [0.25, 0.3) is 0 Å². The van der Waals surface area contributed by atoms with E-state index in [1.54, 1.807) is 6.92 Å². The third-order valence-electron chi connectivity index (χ3n) is 2.63. The van der Waals surface area contributed by atoms with Gasteiger partial charge in [0.15, 0.2) is 0 Å². The summed E-state index contributed by atoms with van der Waals surface area (Å²) < 4.78 is 25.3. The van der Waals surface area contributed by atoms with Gasteiger partial charge in [0, 0.05) is 13.1 Å². The van der Waals surface area contributed by atoms with Gasteiger partial charge in [0.25, 0.3) is 0 Å². The van der Waals surface area contributed by atoms with Gasteiger partial charge >= 0.3 is 0 Å². The molecule has 1 aliphatic carbocycles. The molecule has 1 unspecified atom stereocenters. The molecule has 0 spiro atoms. The van der Waals surface area contributed by atoms with Crippen molar-refractivity contribution in [3.05, 3.63) is 0 Å². The van der Waals surface area contributed by atoms with E-state index < -0.39 is 15.3 Å². The van der Waals surface area contributed by atoms with Gasteiger partial charge in [-0.15, -0.1) is 6.42 Å². The normalized spacial score (nSPS) is 18.8. The van der Waals surface area contributed by atoms with Crippen molar-refractivity contribution in [3.63, 3.8) is 0 Å². The number of rotatable bonds is 6. The smallest absolute Gasteiger partial charge is 0.218 e. The number of terminal acetylenes is 1. The van der Waals surface area contributed by atoms with Crippen LogP contribution in [0.5, 0.6) is 0 Å². The molecule has 15 heavy (non-hydrogen) atoms. The third kappa shape index (κ3) is 3.20. The summed E-state index contributed by atoms with van der Waals surface area (Å²) in [6.07, 6.45) is 7.39. The Balaban J connectivity index is 2.72. The summed E-state index contributed by atoms with van der Waals surface area (Å²) in [5.41, 5.74) is 5.38. The molecule has 4 nitrogen and oxygen atoms in total. The number of nitrogens with zero attached hydrogens (tertiary/aromatic N) is 1. The maximum Gasteiger partial charge on any atom is 0.218 e. The summed E-state index contributed by atoms with van der Waals surface area (Å²) in [4.78, 5) is 0. The lowest BCUT2D eigenvalue weighted by Crippen LogP contribution is -2.42. The van der Waals surface area contributed by atoms with Gasteiger partial charge in [-0.1, -0.05) is 5.92 Å². The van der Waals surface area contributed by atoms with E-state index in [0.29, 0.717) is 12.5 Å². The van der Waals surface area contributed by atoms with Crippen molar-refractivity contribution >= 4 is 10.0 Å². The first-order chi connectivity index (χ1) is 7.02. The molecule has 5 heteroatoms. The van der Waals surface area contributed by atoms with Crippen molar-refractivity contribution in [2.45, 2.75) is 25.0 Å². The SMILES string of the molecule is C#CCN(CC1CC1)S(=O)(=O)C(C)CN. The second-order valence-electron chi connectivity index (χ2n) is 4.03. The second kappa shape index (κ2) is 4.97. The molecule has 0 amide bonds. The summed E-state index contributed by atoms with van der Waals surface area (Å²) in [6.45, 7) is 2.46. The molecule has 86 valence electrons. The molecule has 0 radical (unpaired) electrons. The Kier molecular flexibility index (Phi) is 4.14. The fourth-order valence-corrected chi connectivity index (χ4v) is 2.75. The highest BCUT2D eigenvalue weighted by Gasteiger charge is 2.32. The lowest BCUT2D eigenvalue weighted by Gasteiger charge is -2.23. The average molecular weight is 230 g/mol. The predicted molar refractivity (Wildman–Crippen MR) is 60.6 cm³/mol. The largest absolute Gasteiger partial charge is 0.329 e. The number of nitrogens with two attached hydrogens (primary N) is 1. The van der Waals surface area contributed by atoms with Crippen molar-refractivity contribution in [2.75, 3.05) is 19.6 Å². The van der Waals surface area contributed by atoms with Crippen LogP contribution in [0.2, 0.25) is 0 Å². The molecule has 1 aliphatic rings. The molecule has 0 aromatic heterocycles. The fraction of sp³-hybridized carbons (Fsp3) is 0.800. The van der Waals surface area contributed by atoms with Crippen LogP contribution in [0.15, 0.2) is 0 Å². The zero-order valence-electron chi connectivity index (χ0n) is 9.02. The van der Waals surface area contributed by atoms with Crippen LogP contribution in [0, 0.1) is 18.3 Å². The van der Waals surface area contributed by atoms with E-state index in [0.717, 1.165) is 12.8 Å². The lowest BCUT2D eigenvalue weighted by molar-refractivity contribution is 0.423. The molecule has 0 heterocycles. The lowest BCUT2D eigenvalue weighted by atomic mass is 10.4. The highest BCUT2D eigenvalue weighted by Crippen LogP contribution is 2.30. The molecule has 0 saturated heterocycles. The minimum atomic E-state index is -3.30. The van der Waals surface area contributed by atoms with E-state index in [1.165, 1.54) is 4.31 Å². The van der Waals surface area contributed by atoms with E-state index in [9.17, 15) is 8.42 Å². The number of hydrogen-bond acceptors (Lipinski definition) is 3. The van der Waals surface area contributed by atoms with Gasteiger partial charge in [-0.25, -0.2) is 8.42 Å². The quantitative estimate of drug-likeness (QED) is 0.654. The molecule has 0 aromatic rings. The van der Waals surface area contributed by atoms with Crippen molar-refractivity contribution in [2.24, 2.45) is 11.7 Å². The molecule has 1 saturated carbocycles. The second-order valence-corrected chi connectivity index (χ2v) is 6.38. The van der Waals surface area contributed by atoms with Gasteiger partial charge in [0.1, 0.15) is 0 Å². The Bertz CT molecular complexity index is 341. The fourth-order valence-electron chi connectivity index (χ4n) is 1.32. The van der Waals surface area contributed by atoms with Gasteiger partial charge < -0.3 is 5.73 Å². The van der Waals surface area contributed by atoms with E-state index in [-0.39, 0.29) is 13.1 Å². The standard InChI is InChI=1S/C10H18N2O2S/c1-3-6-12(8-10-4-5-10)15(13,14)9(2)7-11/h1,9-10H,4-8,11H2,2H3.